The molecule has 0 saturated carbocycles. The van der Waals surface area contributed by atoms with E-state index < -0.39 is 6.04 Å². The number of fused-ring (bicyclic) bond motifs is 1. The second-order valence-electron chi connectivity index (χ2n) is 5.89. The Kier molecular flexibility index (Phi) is 4.26. The first kappa shape index (κ1) is 16.5. The normalized spacial score (nSPS) is 12.2. The van der Waals surface area contributed by atoms with E-state index in [1.165, 1.54) is 35.6 Å². The zero-order valence-electron chi connectivity index (χ0n) is 13.5. The van der Waals surface area contributed by atoms with Gasteiger partial charge >= 0.3 is 0 Å². The van der Waals surface area contributed by atoms with Gasteiger partial charge in [0.1, 0.15) is 17.3 Å². The van der Waals surface area contributed by atoms with Gasteiger partial charge in [0.25, 0.3) is 5.91 Å². The van der Waals surface area contributed by atoms with E-state index in [4.69, 9.17) is 0 Å². The Morgan fingerprint density at radius 2 is 1.77 bits per heavy atom. The zero-order chi connectivity index (χ0) is 18.1. The van der Waals surface area contributed by atoms with Crippen molar-refractivity contribution in [3.05, 3.63) is 93.8 Å². The fraction of sp³-hybridized carbons (Fsp3) is 0.0500. The summed E-state index contributed by atoms with van der Waals surface area (Å²) in [5.41, 5.74) is 1.81. The van der Waals surface area contributed by atoms with Crippen LogP contribution in [0.4, 0.5) is 8.78 Å². The van der Waals surface area contributed by atoms with Gasteiger partial charge in [0.2, 0.25) is 0 Å². The van der Waals surface area contributed by atoms with Crippen LogP contribution in [0.25, 0.3) is 10.9 Å². The highest BCUT2D eigenvalue weighted by Crippen LogP contribution is 2.27. The van der Waals surface area contributed by atoms with Crippen LogP contribution in [0.2, 0.25) is 0 Å². The van der Waals surface area contributed by atoms with Gasteiger partial charge in [-0.3, -0.25) is 4.79 Å². The number of benzene rings is 2. The Balaban J connectivity index is 1.66. The molecule has 3 nitrogen and oxygen atoms in total. The van der Waals surface area contributed by atoms with Crippen LogP contribution in [0.3, 0.4) is 0 Å². The highest BCUT2D eigenvalue weighted by Gasteiger charge is 2.20. The molecular weight excluding hydrogens is 354 g/mol. The molecule has 4 rings (SSSR count). The van der Waals surface area contributed by atoms with E-state index in [-0.39, 0.29) is 17.5 Å². The lowest BCUT2D eigenvalue weighted by atomic mass is 10.1. The maximum atomic E-state index is 13.4. The summed E-state index contributed by atoms with van der Waals surface area (Å²) in [5.74, 6) is -1.00. The third kappa shape index (κ3) is 3.23. The third-order valence-electron chi connectivity index (χ3n) is 4.13. The van der Waals surface area contributed by atoms with Crippen LogP contribution in [-0.2, 0) is 0 Å². The number of carbonyl (C=O) groups excluding carboxylic acids is 1. The molecule has 0 radical (unpaired) electrons. The number of amides is 1. The molecule has 0 aliphatic carbocycles. The molecule has 130 valence electrons. The lowest BCUT2D eigenvalue weighted by molar-refractivity contribution is 0.0939. The summed E-state index contributed by atoms with van der Waals surface area (Å²) < 4.78 is 26.6. The fourth-order valence-electron chi connectivity index (χ4n) is 2.86. The summed E-state index contributed by atoms with van der Waals surface area (Å²) in [4.78, 5) is 16.7. The maximum absolute atomic E-state index is 13.4. The highest BCUT2D eigenvalue weighted by atomic mass is 32.1. The van der Waals surface area contributed by atoms with Crippen molar-refractivity contribution in [1.29, 1.82) is 0 Å². The van der Waals surface area contributed by atoms with E-state index in [2.05, 4.69) is 10.3 Å². The van der Waals surface area contributed by atoms with Crippen LogP contribution in [0, 0.1) is 11.6 Å². The van der Waals surface area contributed by atoms with Crippen molar-refractivity contribution in [2.45, 2.75) is 6.04 Å². The monoisotopic (exact) mass is 368 g/mol. The minimum atomic E-state index is -0.397. The highest BCUT2D eigenvalue weighted by molar-refractivity contribution is 7.10. The van der Waals surface area contributed by atoms with Gasteiger partial charge in [0.05, 0.1) is 6.04 Å². The van der Waals surface area contributed by atoms with Crippen LogP contribution in [0.15, 0.2) is 66.0 Å². The van der Waals surface area contributed by atoms with Gasteiger partial charge in [-0.2, -0.15) is 0 Å². The molecule has 2 heterocycles. The average Bonchev–Trinajstić information content (AvgIpc) is 3.29. The molecule has 0 saturated heterocycles. The molecule has 1 amide bonds. The Bertz CT molecular complexity index is 1060. The smallest absolute Gasteiger partial charge is 0.268 e. The number of rotatable bonds is 4. The van der Waals surface area contributed by atoms with Crippen LogP contribution in [-0.4, -0.2) is 10.9 Å². The summed E-state index contributed by atoms with van der Waals surface area (Å²) in [6.45, 7) is 0. The molecular formula is C20H14F2N2OS. The van der Waals surface area contributed by atoms with Crippen LogP contribution >= 0.6 is 11.3 Å². The van der Waals surface area contributed by atoms with Gasteiger partial charge in [0.15, 0.2) is 0 Å². The van der Waals surface area contributed by atoms with E-state index in [0.717, 1.165) is 10.4 Å². The third-order valence-corrected chi connectivity index (χ3v) is 5.07. The first-order valence-electron chi connectivity index (χ1n) is 7.98. The number of halogens is 2. The largest absolute Gasteiger partial charge is 0.351 e. The van der Waals surface area contributed by atoms with Crippen molar-refractivity contribution in [2.75, 3.05) is 0 Å². The van der Waals surface area contributed by atoms with Crippen molar-refractivity contribution in [3.63, 3.8) is 0 Å². The molecule has 0 aliphatic heterocycles. The summed E-state index contributed by atoms with van der Waals surface area (Å²) in [7, 11) is 0. The first-order chi connectivity index (χ1) is 12.6. The minimum Gasteiger partial charge on any atom is -0.351 e. The predicted octanol–water partition coefficient (Wildman–Crippen LogP) is 5.03. The van der Waals surface area contributed by atoms with E-state index in [1.807, 2.05) is 17.5 Å². The number of carbonyl (C=O) groups is 1. The lowest BCUT2D eigenvalue weighted by Gasteiger charge is -2.17. The van der Waals surface area contributed by atoms with Crippen LogP contribution < -0.4 is 5.32 Å². The molecule has 0 bridgehead atoms. The van der Waals surface area contributed by atoms with Gasteiger partial charge < -0.3 is 10.3 Å². The molecule has 0 spiro atoms. The van der Waals surface area contributed by atoms with E-state index in [1.54, 1.807) is 24.3 Å². The van der Waals surface area contributed by atoms with Gasteiger partial charge in [-0.05, 0) is 53.4 Å². The molecule has 26 heavy (non-hydrogen) atoms. The zero-order valence-corrected chi connectivity index (χ0v) is 14.3. The van der Waals surface area contributed by atoms with Crippen molar-refractivity contribution < 1.29 is 13.6 Å². The van der Waals surface area contributed by atoms with Crippen molar-refractivity contribution in [3.8, 4) is 0 Å². The second kappa shape index (κ2) is 6.72. The predicted molar refractivity (Wildman–Crippen MR) is 98.3 cm³/mol. The molecule has 2 N–H and O–H groups in total. The van der Waals surface area contributed by atoms with Crippen LogP contribution in [0.5, 0.6) is 0 Å². The topological polar surface area (TPSA) is 44.9 Å². The summed E-state index contributed by atoms with van der Waals surface area (Å²) in [5, 5.41) is 5.52. The summed E-state index contributed by atoms with van der Waals surface area (Å²) >= 11 is 1.51. The van der Waals surface area contributed by atoms with Crippen molar-refractivity contribution in [1.82, 2.24) is 10.3 Å². The number of hydrogen-bond acceptors (Lipinski definition) is 2. The van der Waals surface area contributed by atoms with Crippen molar-refractivity contribution in [2.24, 2.45) is 0 Å². The molecule has 0 aliphatic rings. The number of nitrogens with one attached hydrogen (secondary N) is 2. The molecule has 1 atom stereocenters. The average molecular weight is 368 g/mol. The molecule has 2 aromatic heterocycles. The van der Waals surface area contributed by atoms with Gasteiger partial charge in [0, 0.05) is 15.8 Å². The molecule has 4 aromatic rings. The first-order valence-corrected chi connectivity index (χ1v) is 8.86. The number of H-pyrrole nitrogens is 1. The SMILES string of the molecule is O=C(NC(c1ccc(F)cc1)c1cccs1)c1cc2cc(F)ccc2[nH]1. The lowest BCUT2D eigenvalue weighted by Crippen LogP contribution is -2.29. The molecule has 0 fully saturated rings. The molecule has 2 aromatic carbocycles. The van der Waals surface area contributed by atoms with Gasteiger partial charge in [-0.25, -0.2) is 8.78 Å². The van der Waals surface area contributed by atoms with E-state index >= 15 is 0 Å². The van der Waals surface area contributed by atoms with E-state index in [9.17, 15) is 13.6 Å². The Morgan fingerprint density at radius 1 is 1.00 bits per heavy atom. The van der Waals surface area contributed by atoms with Gasteiger partial charge in [-0.15, -0.1) is 11.3 Å². The number of aromatic nitrogens is 1. The standard InChI is InChI=1S/C20H14F2N2OS/c21-14-5-3-12(4-6-14)19(18-2-1-9-26-18)24-20(25)17-11-13-10-15(22)7-8-16(13)23-17/h1-11,19,23H,(H,24,25). The number of thiophene rings is 1. The maximum Gasteiger partial charge on any atom is 0.268 e. The minimum absolute atomic E-state index is 0.315. The number of aromatic amines is 1. The number of hydrogen-bond donors (Lipinski definition) is 2. The van der Waals surface area contributed by atoms with Crippen molar-refractivity contribution >= 4 is 28.1 Å². The Morgan fingerprint density at radius 3 is 2.50 bits per heavy atom. The Labute approximate surface area is 152 Å². The van der Waals surface area contributed by atoms with E-state index in [0.29, 0.717) is 16.6 Å². The van der Waals surface area contributed by atoms with Gasteiger partial charge in [-0.1, -0.05) is 18.2 Å². The summed E-state index contributed by atoms with van der Waals surface area (Å²) in [6, 6.07) is 15.4. The Hall–Kier alpha value is -2.99. The fourth-order valence-corrected chi connectivity index (χ4v) is 3.67. The molecule has 6 heteroatoms. The second-order valence-corrected chi connectivity index (χ2v) is 6.87. The molecule has 1 unspecified atom stereocenters. The summed E-state index contributed by atoms with van der Waals surface area (Å²) in [6.07, 6.45) is 0. The van der Waals surface area contributed by atoms with Crippen LogP contribution in [0.1, 0.15) is 27.0 Å². The quantitative estimate of drug-likeness (QED) is 0.522.